The van der Waals surface area contributed by atoms with Gasteiger partial charge in [-0.2, -0.15) is 4.39 Å². The number of amides is 1. The molecule has 0 bridgehead atoms. The predicted molar refractivity (Wildman–Crippen MR) is 60.2 cm³/mol. The molecule has 0 saturated carbocycles. The van der Waals surface area contributed by atoms with Gasteiger partial charge in [-0.3, -0.25) is 4.79 Å². The largest absolute Gasteiger partial charge is 0.503 e. The van der Waals surface area contributed by atoms with E-state index in [2.05, 4.69) is 5.32 Å². The smallest absolute Gasteiger partial charge is 0.254 e. The Balaban J connectivity index is 2.93. The van der Waals surface area contributed by atoms with Crippen molar-refractivity contribution in [1.29, 1.82) is 0 Å². The molecular formula is C11H11ClF3NO2. The molecule has 3 nitrogen and oxygen atoms in total. The number of hydrogen-bond donors (Lipinski definition) is 2. The van der Waals surface area contributed by atoms with E-state index in [1.165, 1.54) is 0 Å². The van der Waals surface area contributed by atoms with Gasteiger partial charge >= 0.3 is 0 Å². The molecular weight excluding hydrogens is 271 g/mol. The van der Waals surface area contributed by atoms with Crippen LogP contribution in [0.3, 0.4) is 0 Å². The number of phenols is 1. The van der Waals surface area contributed by atoms with Crippen LogP contribution in [0.5, 0.6) is 5.75 Å². The van der Waals surface area contributed by atoms with Crippen LogP contribution in [0.2, 0.25) is 0 Å². The number of carbonyl (C=O) groups excluding carboxylic acids is 1. The third-order valence-electron chi connectivity index (χ3n) is 2.25. The van der Waals surface area contributed by atoms with Crippen LogP contribution in [0.15, 0.2) is 6.07 Å². The summed E-state index contributed by atoms with van der Waals surface area (Å²) in [6, 6.07) is 0.394. The number of hydrogen-bond acceptors (Lipinski definition) is 2. The van der Waals surface area contributed by atoms with E-state index in [1.807, 2.05) is 0 Å². The van der Waals surface area contributed by atoms with Crippen LogP contribution in [-0.4, -0.2) is 23.4 Å². The number of rotatable bonds is 4. The molecule has 1 aromatic rings. The van der Waals surface area contributed by atoms with Crippen LogP contribution in [0.4, 0.5) is 13.2 Å². The molecule has 0 aromatic heterocycles. The molecule has 7 heteroatoms. The summed E-state index contributed by atoms with van der Waals surface area (Å²) in [7, 11) is 0. The molecule has 0 aliphatic heterocycles. The SMILES string of the molecule is CC(CCl)CNC(=O)c1cc(F)c(F)c(O)c1F. The minimum Gasteiger partial charge on any atom is -0.503 e. The normalized spacial score (nSPS) is 12.3. The Morgan fingerprint density at radius 2 is 2.06 bits per heavy atom. The maximum atomic E-state index is 13.4. The van der Waals surface area contributed by atoms with E-state index >= 15 is 0 Å². The molecule has 1 amide bonds. The Kier molecular flexibility index (Phi) is 4.84. The molecule has 0 saturated heterocycles. The first-order chi connectivity index (χ1) is 8.38. The molecule has 0 aliphatic carbocycles. The fourth-order valence-electron chi connectivity index (χ4n) is 1.17. The lowest BCUT2D eigenvalue weighted by molar-refractivity contribution is 0.0943. The van der Waals surface area contributed by atoms with Gasteiger partial charge in [-0.1, -0.05) is 6.92 Å². The number of phenolic OH excluding ortho intramolecular Hbond substituents is 1. The van der Waals surface area contributed by atoms with Gasteiger partial charge in [0.05, 0.1) is 5.56 Å². The summed E-state index contributed by atoms with van der Waals surface area (Å²) in [5, 5.41) is 11.3. The average molecular weight is 282 g/mol. The summed E-state index contributed by atoms with van der Waals surface area (Å²) in [5.41, 5.74) is -0.756. The van der Waals surface area contributed by atoms with Crippen LogP contribution in [0.25, 0.3) is 0 Å². The molecule has 0 heterocycles. The average Bonchev–Trinajstić information content (AvgIpc) is 2.37. The van der Waals surface area contributed by atoms with Crippen molar-refractivity contribution in [1.82, 2.24) is 5.32 Å². The van der Waals surface area contributed by atoms with E-state index in [0.717, 1.165) is 0 Å². The highest BCUT2D eigenvalue weighted by molar-refractivity contribution is 6.18. The van der Waals surface area contributed by atoms with Crippen LogP contribution >= 0.6 is 11.6 Å². The monoisotopic (exact) mass is 281 g/mol. The molecule has 1 atom stereocenters. The van der Waals surface area contributed by atoms with Gasteiger partial charge in [0.25, 0.3) is 5.91 Å². The number of alkyl halides is 1. The molecule has 1 aromatic carbocycles. The van der Waals surface area contributed by atoms with Crippen molar-refractivity contribution < 1.29 is 23.1 Å². The van der Waals surface area contributed by atoms with Crippen molar-refractivity contribution in [2.45, 2.75) is 6.92 Å². The number of nitrogens with one attached hydrogen (secondary N) is 1. The van der Waals surface area contributed by atoms with E-state index in [9.17, 15) is 18.0 Å². The van der Waals surface area contributed by atoms with Crippen LogP contribution in [0, 0.1) is 23.4 Å². The number of aromatic hydroxyl groups is 1. The molecule has 1 rings (SSSR count). The fourth-order valence-corrected chi connectivity index (χ4v) is 1.28. The summed E-state index contributed by atoms with van der Waals surface area (Å²) in [6.45, 7) is 1.90. The number of benzene rings is 1. The second-order valence-corrected chi connectivity index (χ2v) is 4.16. The zero-order valence-corrected chi connectivity index (χ0v) is 10.2. The summed E-state index contributed by atoms with van der Waals surface area (Å²) >= 11 is 5.51. The van der Waals surface area contributed by atoms with Crippen LogP contribution in [-0.2, 0) is 0 Å². The van der Waals surface area contributed by atoms with Gasteiger partial charge in [0, 0.05) is 12.4 Å². The number of halogens is 4. The third-order valence-corrected chi connectivity index (χ3v) is 2.78. The zero-order chi connectivity index (χ0) is 13.9. The van der Waals surface area contributed by atoms with Gasteiger partial charge in [0.15, 0.2) is 17.4 Å². The van der Waals surface area contributed by atoms with Crippen molar-refractivity contribution >= 4 is 17.5 Å². The van der Waals surface area contributed by atoms with Gasteiger partial charge in [0.1, 0.15) is 0 Å². The lowest BCUT2D eigenvalue weighted by atomic mass is 10.1. The maximum absolute atomic E-state index is 13.4. The first kappa shape index (κ1) is 14.6. The Morgan fingerprint density at radius 1 is 1.44 bits per heavy atom. The highest BCUT2D eigenvalue weighted by atomic mass is 35.5. The van der Waals surface area contributed by atoms with Gasteiger partial charge in [-0.15, -0.1) is 11.6 Å². The molecule has 0 spiro atoms. The first-order valence-electron chi connectivity index (χ1n) is 5.09. The fraction of sp³-hybridized carbons (Fsp3) is 0.364. The minimum absolute atomic E-state index is 0.0578. The van der Waals surface area contributed by atoms with E-state index in [-0.39, 0.29) is 18.3 Å². The van der Waals surface area contributed by atoms with Crippen molar-refractivity contribution in [3.63, 3.8) is 0 Å². The lowest BCUT2D eigenvalue weighted by Gasteiger charge is -2.10. The minimum atomic E-state index is -1.72. The van der Waals surface area contributed by atoms with Gasteiger partial charge in [-0.25, -0.2) is 8.78 Å². The second-order valence-electron chi connectivity index (χ2n) is 3.85. The summed E-state index contributed by atoms with van der Waals surface area (Å²) in [5.74, 6) is -6.94. The van der Waals surface area contributed by atoms with E-state index < -0.39 is 34.7 Å². The van der Waals surface area contributed by atoms with Crippen LogP contribution < -0.4 is 5.32 Å². The quantitative estimate of drug-likeness (QED) is 0.658. The van der Waals surface area contributed by atoms with Crippen LogP contribution in [0.1, 0.15) is 17.3 Å². The van der Waals surface area contributed by atoms with Crippen molar-refractivity contribution in [3.8, 4) is 5.75 Å². The van der Waals surface area contributed by atoms with Gasteiger partial charge < -0.3 is 10.4 Å². The van der Waals surface area contributed by atoms with Gasteiger partial charge in [-0.05, 0) is 12.0 Å². The highest BCUT2D eigenvalue weighted by Crippen LogP contribution is 2.25. The van der Waals surface area contributed by atoms with E-state index in [0.29, 0.717) is 6.07 Å². The second kappa shape index (κ2) is 5.95. The summed E-state index contributed by atoms with van der Waals surface area (Å²) in [6.07, 6.45) is 0. The van der Waals surface area contributed by atoms with E-state index in [4.69, 9.17) is 16.7 Å². The Hall–Kier alpha value is -1.43. The molecule has 100 valence electrons. The summed E-state index contributed by atoms with van der Waals surface area (Å²) in [4.78, 5) is 11.5. The molecule has 0 aliphatic rings. The Morgan fingerprint density at radius 3 is 2.61 bits per heavy atom. The molecule has 0 fully saturated rings. The molecule has 2 N–H and O–H groups in total. The Labute approximate surface area is 107 Å². The van der Waals surface area contributed by atoms with E-state index in [1.54, 1.807) is 6.92 Å². The van der Waals surface area contributed by atoms with Crippen molar-refractivity contribution in [2.24, 2.45) is 5.92 Å². The third kappa shape index (κ3) is 3.07. The highest BCUT2D eigenvalue weighted by Gasteiger charge is 2.22. The van der Waals surface area contributed by atoms with Crippen molar-refractivity contribution in [3.05, 3.63) is 29.1 Å². The predicted octanol–water partition coefficient (Wildman–Crippen LogP) is 2.41. The first-order valence-corrected chi connectivity index (χ1v) is 5.62. The number of carbonyl (C=O) groups is 1. The van der Waals surface area contributed by atoms with Gasteiger partial charge in [0.2, 0.25) is 5.82 Å². The Bertz CT molecular complexity index is 468. The molecule has 18 heavy (non-hydrogen) atoms. The molecule has 0 radical (unpaired) electrons. The zero-order valence-electron chi connectivity index (χ0n) is 9.44. The summed E-state index contributed by atoms with van der Waals surface area (Å²) < 4.78 is 39.1. The standard InChI is InChI=1S/C11H11ClF3NO2/c1-5(3-12)4-16-11(18)6-2-7(13)9(15)10(17)8(6)14/h2,5,17H,3-4H2,1H3,(H,16,18). The lowest BCUT2D eigenvalue weighted by Crippen LogP contribution is -2.29. The topological polar surface area (TPSA) is 49.3 Å². The molecule has 1 unspecified atom stereocenters. The van der Waals surface area contributed by atoms with Crippen molar-refractivity contribution in [2.75, 3.05) is 12.4 Å². The maximum Gasteiger partial charge on any atom is 0.254 e.